The van der Waals surface area contributed by atoms with Crippen LogP contribution in [0.5, 0.6) is 0 Å². The van der Waals surface area contributed by atoms with Crippen molar-refractivity contribution in [3.8, 4) is 0 Å². The van der Waals surface area contributed by atoms with Gasteiger partial charge in [-0.15, -0.1) is 0 Å². The largest absolute Gasteiger partial charge is 0.444 e. The number of fused-ring (bicyclic) bond motifs is 1. The fourth-order valence-electron chi connectivity index (χ4n) is 3.12. The molecule has 3 N–H and O–H groups in total. The Bertz CT molecular complexity index is 832. The van der Waals surface area contributed by atoms with Gasteiger partial charge in [-0.1, -0.05) is 0 Å². The number of aromatic nitrogens is 2. The van der Waals surface area contributed by atoms with Gasteiger partial charge in [-0.05, 0) is 51.8 Å². The van der Waals surface area contributed by atoms with E-state index in [2.05, 4.69) is 20.2 Å². The number of Topliss-reactive ketones (excluding diaryl/α,β-unsaturated/α-hetero) is 1. The van der Waals surface area contributed by atoms with Crippen molar-refractivity contribution >= 4 is 28.9 Å². The Labute approximate surface area is 157 Å². The summed E-state index contributed by atoms with van der Waals surface area (Å²) >= 11 is 0. The second-order valence-corrected chi connectivity index (χ2v) is 7.78. The number of aliphatic hydroxyl groups excluding tert-OH is 1. The van der Waals surface area contributed by atoms with Gasteiger partial charge < -0.3 is 25.0 Å². The smallest absolute Gasteiger partial charge is 0.407 e. The van der Waals surface area contributed by atoms with Crippen molar-refractivity contribution in [3.63, 3.8) is 0 Å². The molecule has 0 aliphatic carbocycles. The lowest BCUT2D eigenvalue weighted by Crippen LogP contribution is -2.46. The molecule has 0 spiro atoms. The van der Waals surface area contributed by atoms with Gasteiger partial charge in [-0.25, -0.2) is 9.78 Å². The van der Waals surface area contributed by atoms with E-state index in [1.807, 2.05) is 20.8 Å². The number of nitrogens with zero attached hydrogens (tertiary/aromatic N) is 2. The fourth-order valence-corrected chi connectivity index (χ4v) is 3.12. The molecule has 2 aromatic rings. The minimum Gasteiger partial charge on any atom is -0.444 e. The molecule has 0 saturated carbocycles. The minimum absolute atomic E-state index is 0.0780. The van der Waals surface area contributed by atoms with Crippen LogP contribution in [0.15, 0.2) is 18.2 Å². The Morgan fingerprint density at radius 1 is 1.33 bits per heavy atom. The van der Waals surface area contributed by atoms with Gasteiger partial charge in [0.1, 0.15) is 12.2 Å². The first-order valence-electron chi connectivity index (χ1n) is 9.13. The van der Waals surface area contributed by atoms with E-state index in [1.165, 1.54) is 0 Å². The molecule has 1 fully saturated rings. The number of carbonyl (C=O) groups excluding carboxylic acids is 2. The lowest BCUT2D eigenvalue weighted by atomic mass is 10.1. The molecule has 1 amide bonds. The maximum Gasteiger partial charge on any atom is 0.407 e. The predicted molar refractivity (Wildman–Crippen MR) is 102 cm³/mol. The molecule has 0 atom stereocenters. The first-order valence-corrected chi connectivity index (χ1v) is 9.13. The number of imidazole rings is 1. The molecule has 1 aliphatic rings. The van der Waals surface area contributed by atoms with Gasteiger partial charge in [-0.2, -0.15) is 0 Å². The minimum atomic E-state index is -0.509. The quantitative estimate of drug-likeness (QED) is 0.709. The lowest BCUT2D eigenvalue weighted by Gasteiger charge is -2.32. The van der Waals surface area contributed by atoms with Crippen molar-refractivity contribution in [1.82, 2.24) is 15.3 Å². The van der Waals surface area contributed by atoms with Crippen molar-refractivity contribution in [2.45, 2.75) is 45.3 Å². The molecule has 8 nitrogen and oxygen atoms in total. The van der Waals surface area contributed by atoms with Crippen molar-refractivity contribution < 1.29 is 19.4 Å². The highest BCUT2D eigenvalue weighted by molar-refractivity contribution is 5.99. The maximum atomic E-state index is 11.9. The summed E-state index contributed by atoms with van der Waals surface area (Å²) in [5, 5.41) is 11.9. The number of ether oxygens (including phenoxy) is 1. The third-order valence-electron chi connectivity index (χ3n) is 4.45. The number of amides is 1. The number of rotatable bonds is 4. The highest BCUT2D eigenvalue weighted by Crippen LogP contribution is 2.22. The van der Waals surface area contributed by atoms with E-state index in [-0.39, 0.29) is 17.9 Å². The Morgan fingerprint density at radius 3 is 2.67 bits per heavy atom. The molecular formula is C19H26N4O4. The molecule has 8 heteroatoms. The van der Waals surface area contributed by atoms with Gasteiger partial charge in [0.2, 0.25) is 5.95 Å². The highest BCUT2D eigenvalue weighted by Gasteiger charge is 2.25. The van der Waals surface area contributed by atoms with Gasteiger partial charge in [0, 0.05) is 24.7 Å². The number of hydrogen-bond donors (Lipinski definition) is 3. The number of anilines is 1. The summed E-state index contributed by atoms with van der Waals surface area (Å²) in [6.45, 7) is 6.53. The number of nitrogens with one attached hydrogen (secondary N) is 2. The van der Waals surface area contributed by atoms with E-state index in [1.54, 1.807) is 18.2 Å². The van der Waals surface area contributed by atoms with E-state index in [0.717, 1.165) is 42.9 Å². The van der Waals surface area contributed by atoms with Gasteiger partial charge in [-0.3, -0.25) is 4.79 Å². The zero-order chi connectivity index (χ0) is 19.6. The summed E-state index contributed by atoms with van der Waals surface area (Å²) in [4.78, 5) is 33.5. The second-order valence-electron chi connectivity index (χ2n) is 7.78. The number of hydrogen-bond acceptors (Lipinski definition) is 6. The van der Waals surface area contributed by atoms with Crippen LogP contribution in [0.1, 0.15) is 44.0 Å². The van der Waals surface area contributed by atoms with E-state index in [0.29, 0.717) is 5.56 Å². The van der Waals surface area contributed by atoms with Gasteiger partial charge in [0.25, 0.3) is 0 Å². The van der Waals surface area contributed by atoms with Crippen LogP contribution in [0, 0.1) is 0 Å². The van der Waals surface area contributed by atoms with Gasteiger partial charge >= 0.3 is 6.09 Å². The number of benzene rings is 1. The highest BCUT2D eigenvalue weighted by atomic mass is 16.6. The van der Waals surface area contributed by atoms with Crippen molar-refractivity contribution in [2.24, 2.45) is 0 Å². The second kappa shape index (κ2) is 7.56. The predicted octanol–water partition coefficient (Wildman–Crippen LogP) is 2.23. The molecule has 1 aromatic carbocycles. The number of H-pyrrole nitrogens is 1. The third kappa shape index (κ3) is 4.77. The van der Waals surface area contributed by atoms with E-state index < -0.39 is 12.2 Å². The van der Waals surface area contributed by atoms with Crippen molar-refractivity contribution in [1.29, 1.82) is 0 Å². The molecule has 0 unspecified atom stereocenters. The third-order valence-corrected chi connectivity index (χ3v) is 4.45. The number of piperidine rings is 1. The van der Waals surface area contributed by atoms with Crippen LogP contribution in [-0.2, 0) is 4.74 Å². The number of carbonyl (C=O) groups is 2. The molecule has 27 heavy (non-hydrogen) atoms. The molecule has 1 aliphatic heterocycles. The Kier molecular flexibility index (Phi) is 5.36. The first-order chi connectivity index (χ1) is 12.7. The van der Waals surface area contributed by atoms with Crippen LogP contribution in [0.4, 0.5) is 10.7 Å². The normalized spacial score (nSPS) is 15.8. The summed E-state index contributed by atoms with van der Waals surface area (Å²) < 4.78 is 5.30. The summed E-state index contributed by atoms with van der Waals surface area (Å²) in [6, 6.07) is 5.23. The van der Waals surface area contributed by atoms with Crippen molar-refractivity contribution in [3.05, 3.63) is 23.8 Å². The molecule has 1 saturated heterocycles. The average Bonchev–Trinajstić information content (AvgIpc) is 3.03. The first kappa shape index (κ1) is 19.2. The van der Waals surface area contributed by atoms with Gasteiger partial charge in [0.05, 0.1) is 11.0 Å². The average molecular weight is 374 g/mol. The molecule has 2 heterocycles. The monoisotopic (exact) mass is 374 g/mol. The summed E-state index contributed by atoms with van der Waals surface area (Å²) in [5.41, 5.74) is 1.49. The standard InChI is InChI=1S/C19H26N4O4/c1-19(2,3)27-18(26)20-13-6-8-23(9-7-13)17-21-14-5-4-12(16(25)11-24)10-15(14)22-17/h4-5,10,13,24H,6-9,11H2,1-3H3,(H,20,26)(H,21,22). The summed E-state index contributed by atoms with van der Waals surface area (Å²) in [5.74, 6) is 0.427. The Hall–Kier alpha value is -2.61. The van der Waals surface area contributed by atoms with Gasteiger partial charge in [0.15, 0.2) is 5.78 Å². The molecule has 0 radical (unpaired) electrons. The number of alkyl carbamates (subject to hydrolysis) is 1. The molecule has 146 valence electrons. The summed E-state index contributed by atoms with van der Waals surface area (Å²) in [6.07, 6.45) is 1.21. The van der Waals surface area contributed by atoms with Crippen LogP contribution in [-0.4, -0.2) is 58.3 Å². The zero-order valence-electron chi connectivity index (χ0n) is 15.9. The Balaban J connectivity index is 1.61. The number of aliphatic hydroxyl groups is 1. The van der Waals surface area contributed by atoms with E-state index in [9.17, 15) is 9.59 Å². The van der Waals surface area contributed by atoms with Crippen LogP contribution < -0.4 is 10.2 Å². The van der Waals surface area contributed by atoms with Crippen LogP contribution in [0.2, 0.25) is 0 Å². The molecular weight excluding hydrogens is 348 g/mol. The van der Waals surface area contributed by atoms with Crippen molar-refractivity contribution in [2.75, 3.05) is 24.6 Å². The molecule has 1 aromatic heterocycles. The molecule has 0 bridgehead atoms. The SMILES string of the molecule is CC(C)(C)OC(=O)NC1CCN(c2nc3ccc(C(=O)CO)cc3[nH]2)CC1. The number of ketones is 1. The van der Waals surface area contributed by atoms with Crippen LogP contribution in [0.25, 0.3) is 11.0 Å². The molecule has 3 rings (SSSR count). The number of aromatic amines is 1. The van der Waals surface area contributed by atoms with E-state index in [4.69, 9.17) is 9.84 Å². The van der Waals surface area contributed by atoms with E-state index >= 15 is 0 Å². The fraction of sp³-hybridized carbons (Fsp3) is 0.526. The lowest BCUT2D eigenvalue weighted by molar-refractivity contribution is 0.0497. The maximum absolute atomic E-state index is 11.9. The summed E-state index contributed by atoms with van der Waals surface area (Å²) in [7, 11) is 0. The van der Waals surface area contributed by atoms with Crippen LogP contribution in [0.3, 0.4) is 0 Å². The topological polar surface area (TPSA) is 108 Å². The zero-order valence-corrected chi connectivity index (χ0v) is 15.9. The van der Waals surface area contributed by atoms with Crippen LogP contribution >= 0.6 is 0 Å². The Morgan fingerprint density at radius 2 is 2.04 bits per heavy atom.